The largest absolute Gasteiger partial charge is 0.459 e. The lowest BCUT2D eigenvalue weighted by Gasteiger charge is -2.39. The van der Waals surface area contributed by atoms with Crippen molar-refractivity contribution in [3.63, 3.8) is 0 Å². The summed E-state index contributed by atoms with van der Waals surface area (Å²) in [6.07, 6.45) is 0.716. The molecule has 0 bridgehead atoms. The first-order valence-corrected chi connectivity index (χ1v) is 12.9. The van der Waals surface area contributed by atoms with Crippen molar-refractivity contribution in [2.75, 3.05) is 6.54 Å². The third-order valence-electron chi connectivity index (χ3n) is 6.62. The first kappa shape index (κ1) is 27.5. The highest BCUT2D eigenvalue weighted by atomic mass is 35.5. The summed E-state index contributed by atoms with van der Waals surface area (Å²) >= 11 is 12.7. The molecule has 1 saturated heterocycles. The number of hydrogen-bond acceptors (Lipinski definition) is 4. The number of carbonyl (C=O) groups is 1. The first-order valence-electron chi connectivity index (χ1n) is 12.1. The zero-order valence-corrected chi connectivity index (χ0v) is 23.2. The molecule has 0 amide bonds. The Kier molecular flexibility index (Phi) is 7.97. The third-order valence-corrected chi connectivity index (χ3v) is 7.11. The highest BCUT2D eigenvalue weighted by Gasteiger charge is 2.63. The number of rotatable bonds is 5. The Bertz CT molecular complexity index is 1100. The summed E-state index contributed by atoms with van der Waals surface area (Å²) in [6, 6.07) is 16.8. The molecule has 2 aromatic carbocycles. The molecule has 4 nitrogen and oxygen atoms in total. The topological polar surface area (TPSA) is 53.3 Å². The van der Waals surface area contributed by atoms with Gasteiger partial charge in [-0.25, -0.2) is 0 Å². The van der Waals surface area contributed by atoms with E-state index < -0.39 is 23.0 Å². The van der Waals surface area contributed by atoms with Crippen LogP contribution in [0.4, 0.5) is 0 Å². The summed E-state index contributed by atoms with van der Waals surface area (Å²) in [4.78, 5) is 16.0. The van der Waals surface area contributed by atoms with Crippen LogP contribution in [0.3, 0.4) is 0 Å². The quantitative estimate of drug-likeness (QED) is 0.390. The maximum Gasteiger partial charge on any atom is 0.324 e. The van der Waals surface area contributed by atoms with E-state index in [0.717, 1.165) is 11.1 Å². The van der Waals surface area contributed by atoms with E-state index in [1.807, 2.05) is 76.2 Å². The Morgan fingerprint density at radius 3 is 2.17 bits per heavy atom. The molecule has 1 heterocycles. The maximum absolute atomic E-state index is 13.9. The van der Waals surface area contributed by atoms with E-state index in [1.54, 1.807) is 0 Å². The van der Waals surface area contributed by atoms with Gasteiger partial charge in [-0.15, -0.1) is 0 Å². The molecule has 1 aliphatic rings. The van der Waals surface area contributed by atoms with Gasteiger partial charge in [-0.05, 0) is 74.5 Å². The maximum atomic E-state index is 13.9. The van der Waals surface area contributed by atoms with Crippen LogP contribution in [0.25, 0.3) is 0 Å². The number of hydrogen-bond donors (Lipinski definition) is 0. The normalized spacial score (nSPS) is 25.3. The monoisotopic (exact) mass is 514 g/mol. The molecule has 1 aliphatic heterocycles. The second-order valence-corrected chi connectivity index (χ2v) is 12.5. The Morgan fingerprint density at radius 1 is 1.06 bits per heavy atom. The summed E-state index contributed by atoms with van der Waals surface area (Å²) in [6.45, 7) is 14.7. The molecular weight excluding hydrogens is 479 g/mol. The van der Waals surface area contributed by atoms with E-state index in [1.165, 1.54) is 0 Å². The fourth-order valence-electron chi connectivity index (χ4n) is 5.46. The minimum absolute atomic E-state index is 0.0890. The molecule has 0 N–H and O–H groups in total. The van der Waals surface area contributed by atoms with Crippen molar-refractivity contribution in [1.29, 1.82) is 5.26 Å². The van der Waals surface area contributed by atoms with Crippen molar-refractivity contribution >= 4 is 29.2 Å². The predicted octanol–water partition coefficient (Wildman–Crippen LogP) is 7.39. The fourth-order valence-corrected chi connectivity index (χ4v) is 5.79. The molecule has 0 radical (unpaired) electrons. The molecule has 188 valence electrons. The highest BCUT2D eigenvalue weighted by Crippen LogP contribution is 2.55. The lowest BCUT2D eigenvalue weighted by atomic mass is 9.63. The van der Waals surface area contributed by atoms with Gasteiger partial charge < -0.3 is 4.74 Å². The Balaban J connectivity index is 2.38. The summed E-state index contributed by atoms with van der Waals surface area (Å²) in [5.74, 6) is -0.816. The SMILES string of the molecule is CCN1C(C(=O)OC(C)(C)C)[C@H](c2cccc(Cl)c2)[C@@](C#N)(c2ccc(Cl)cc2)[C@@H]1CC(C)(C)C. The van der Waals surface area contributed by atoms with Crippen LogP contribution in [0, 0.1) is 16.7 Å². The van der Waals surface area contributed by atoms with Crippen LogP contribution in [0.1, 0.15) is 71.9 Å². The second-order valence-electron chi connectivity index (χ2n) is 11.6. The van der Waals surface area contributed by atoms with Crippen molar-refractivity contribution in [3.8, 4) is 6.07 Å². The van der Waals surface area contributed by atoms with Gasteiger partial charge in [0.2, 0.25) is 0 Å². The molecule has 2 aromatic rings. The second kappa shape index (κ2) is 10.1. The van der Waals surface area contributed by atoms with Gasteiger partial charge in [-0.1, -0.05) is 75.2 Å². The Labute approximate surface area is 220 Å². The Morgan fingerprint density at radius 2 is 1.69 bits per heavy atom. The van der Waals surface area contributed by atoms with Crippen LogP contribution in [-0.4, -0.2) is 35.1 Å². The number of halogens is 2. The van der Waals surface area contributed by atoms with E-state index in [-0.39, 0.29) is 17.4 Å². The standard InChI is InChI=1S/C29H36Cl2N2O2/c1-8-33-23(17-27(2,3)4)29(18-32,20-12-14-21(30)15-13-20)24(19-10-9-11-22(31)16-19)25(33)26(34)35-28(5,6)7/h9-16,23-25H,8,17H2,1-7H3/t23-,24-,25?,29-/m0/s1. The van der Waals surface area contributed by atoms with Crippen LogP contribution in [0.5, 0.6) is 0 Å². The van der Waals surface area contributed by atoms with E-state index >= 15 is 0 Å². The molecule has 4 atom stereocenters. The number of nitriles is 1. The van der Waals surface area contributed by atoms with Crippen LogP contribution >= 0.6 is 23.2 Å². The lowest BCUT2D eigenvalue weighted by Crippen LogP contribution is -2.47. The number of likely N-dealkylation sites (N-methyl/N-ethyl adjacent to an activating group) is 1. The summed E-state index contributed by atoms with van der Waals surface area (Å²) in [7, 11) is 0. The number of likely N-dealkylation sites (tertiary alicyclic amines) is 1. The van der Waals surface area contributed by atoms with Gasteiger partial charge in [-0.2, -0.15) is 5.26 Å². The fraction of sp³-hybridized carbons (Fsp3) is 0.517. The molecule has 1 unspecified atom stereocenters. The number of esters is 1. The van der Waals surface area contributed by atoms with Gasteiger partial charge in [0.05, 0.1) is 6.07 Å². The van der Waals surface area contributed by atoms with Gasteiger partial charge in [0, 0.05) is 22.0 Å². The van der Waals surface area contributed by atoms with E-state index in [2.05, 4.69) is 31.7 Å². The highest BCUT2D eigenvalue weighted by molar-refractivity contribution is 6.30. The smallest absolute Gasteiger partial charge is 0.324 e. The van der Waals surface area contributed by atoms with Crippen molar-refractivity contribution < 1.29 is 9.53 Å². The number of ether oxygens (including phenoxy) is 1. The van der Waals surface area contributed by atoms with Crippen LogP contribution in [0.15, 0.2) is 48.5 Å². The molecule has 0 aromatic heterocycles. The van der Waals surface area contributed by atoms with Crippen LogP contribution in [0.2, 0.25) is 10.0 Å². The van der Waals surface area contributed by atoms with Crippen molar-refractivity contribution in [2.45, 2.75) is 83.9 Å². The summed E-state index contributed by atoms with van der Waals surface area (Å²) in [5.41, 5.74) is -0.0884. The molecule has 0 spiro atoms. The van der Waals surface area contributed by atoms with E-state index in [9.17, 15) is 10.1 Å². The van der Waals surface area contributed by atoms with Gasteiger partial charge in [0.25, 0.3) is 0 Å². The molecule has 1 fully saturated rings. The van der Waals surface area contributed by atoms with E-state index in [0.29, 0.717) is 23.0 Å². The van der Waals surface area contributed by atoms with Gasteiger partial charge in [0.15, 0.2) is 0 Å². The average Bonchev–Trinajstić information content (AvgIpc) is 3.02. The molecule has 6 heteroatoms. The van der Waals surface area contributed by atoms with Crippen LogP contribution in [-0.2, 0) is 14.9 Å². The Hall–Kier alpha value is -2.06. The van der Waals surface area contributed by atoms with Gasteiger partial charge in [-0.3, -0.25) is 9.69 Å². The van der Waals surface area contributed by atoms with Crippen molar-refractivity contribution in [2.24, 2.45) is 5.41 Å². The molecular formula is C29H36Cl2N2O2. The molecule has 0 saturated carbocycles. The minimum atomic E-state index is -1.03. The zero-order chi connectivity index (χ0) is 26.2. The molecule has 35 heavy (non-hydrogen) atoms. The summed E-state index contributed by atoms with van der Waals surface area (Å²) in [5, 5.41) is 12.2. The number of nitrogens with zero attached hydrogens (tertiary/aromatic N) is 2. The average molecular weight is 516 g/mol. The van der Waals surface area contributed by atoms with Crippen LogP contribution < -0.4 is 0 Å². The number of benzene rings is 2. The minimum Gasteiger partial charge on any atom is -0.459 e. The van der Waals surface area contributed by atoms with Gasteiger partial charge >= 0.3 is 5.97 Å². The number of carbonyl (C=O) groups excluding carboxylic acids is 1. The molecule has 0 aliphatic carbocycles. The van der Waals surface area contributed by atoms with Gasteiger partial charge in [0.1, 0.15) is 17.1 Å². The third kappa shape index (κ3) is 5.69. The molecule has 3 rings (SSSR count). The first-order chi connectivity index (χ1) is 16.2. The zero-order valence-electron chi connectivity index (χ0n) is 21.7. The van der Waals surface area contributed by atoms with Crippen molar-refractivity contribution in [3.05, 3.63) is 69.7 Å². The predicted molar refractivity (Wildman–Crippen MR) is 143 cm³/mol. The summed E-state index contributed by atoms with van der Waals surface area (Å²) < 4.78 is 5.96. The lowest BCUT2D eigenvalue weighted by molar-refractivity contribution is -0.161. The van der Waals surface area contributed by atoms with E-state index in [4.69, 9.17) is 27.9 Å². The van der Waals surface area contributed by atoms with Crippen molar-refractivity contribution in [1.82, 2.24) is 4.90 Å².